The Hall–Kier alpha value is -2.11. The second-order valence-corrected chi connectivity index (χ2v) is 10.0. The number of rotatable bonds is 8. The van der Waals surface area contributed by atoms with Crippen LogP contribution in [-0.4, -0.2) is 22.0 Å². The van der Waals surface area contributed by atoms with Gasteiger partial charge in [0.2, 0.25) is 0 Å². The fourth-order valence-corrected chi connectivity index (χ4v) is 5.70. The lowest BCUT2D eigenvalue weighted by Crippen LogP contribution is -2.30. The van der Waals surface area contributed by atoms with E-state index in [2.05, 4.69) is 29.1 Å². The van der Waals surface area contributed by atoms with E-state index in [0.29, 0.717) is 10.9 Å². The van der Waals surface area contributed by atoms with Crippen LogP contribution in [0.25, 0.3) is 22.0 Å². The van der Waals surface area contributed by atoms with Gasteiger partial charge in [0.1, 0.15) is 5.01 Å². The van der Waals surface area contributed by atoms with E-state index in [1.165, 1.54) is 32.1 Å². The fourth-order valence-electron chi connectivity index (χ4n) is 4.56. The number of thiazole rings is 1. The third kappa shape index (κ3) is 5.10. The molecule has 1 amide bonds. The number of carbonyl (C=O) groups excluding carboxylic acids is 1. The van der Waals surface area contributed by atoms with Crippen LogP contribution >= 0.6 is 22.9 Å². The van der Waals surface area contributed by atoms with Gasteiger partial charge >= 0.3 is 0 Å². The largest absolute Gasteiger partial charge is 0.352 e. The Labute approximate surface area is 200 Å². The first kappa shape index (κ1) is 23.1. The average Bonchev–Trinajstić information content (AvgIpc) is 3.42. The zero-order valence-electron chi connectivity index (χ0n) is 19.0. The monoisotopic (exact) mass is 469 g/mol. The van der Waals surface area contributed by atoms with Gasteiger partial charge in [0.05, 0.1) is 22.0 Å². The predicted molar refractivity (Wildman–Crippen MR) is 135 cm³/mol. The lowest BCUT2D eigenvalue weighted by Gasteiger charge is -2.21. The van der Waals surface area contributed by atoms with Crippen molar-refractivity contribution in [2.24, 2.45) is 5.92 Å². The molecule has 0 saturated heterocycles. The van der Waals surface area contributed by atoms with Gasteiger partial charge in [0.15, 0.2) is 0 Å². The van der Waals surface area contributed by atoms with Crippen LogP contribution in [0, 0.1) is 12.8 Å². The molecule has 1 aromatic carbocycles. The molecular weight excluding hydrogens is 438 g/mol. The van der Waals surface area contributed by atoms with Crippen molar-refractivity contribution in [2.45, 2.75) is 65.3 Å². The Morgan fingerprint density at radius 1 is 1.25 bits per heavy atom. The van der Waals surface area contributed by atoms with Gasteiger partial charge < -0.3 is 9.88 Å². The quantitative estimate of drug-likeness (QED) is 0.374. The molecule has 2 aromatic heterocycles. The Morgan fingerprint density at radius 3 is 2.78 bits per heavy atom. The van der Waals surface area contributed by atoms with Gasteiger partial charge in [-0.05, 0) is 44.2 Å². The smallest absolute Gasteiger partial charge is 0.253 e. The molecular formula is C26H32ClN3OS. The summed E-state index contributed by atoms with van der Waals surface area (Å²) < 4.78 is 2.25. The maximum Gasteiger partial charge on any atom is 0.253 e. The molecule has 1 saturated carbocycles. The molecule has 6 heteroatoms. The van der Waals surface area contributed by atoms with E-state index in [1.807, 2.05) is 30.3 Å². The van der Waals surface area contributed by atoms with Crippen LogP contribution in [0.15, 0.2) is 35.7 Å². The Bertz CT molecular complexity index is 1060. The van der Waals surface area contributed by atoms with Crippen LogP contribution in [-0.2, 0) is 6.54 Å². The van der Waals surface area contributed by atoms with Crippen LogP contribution in [0.1, 0.15) is 67.9 Å². The van der Waals surface area contributed by atoms with Crippen molar-refractivity contribution in [1.29, 1.82) is 0 Å². The second kappa shape index (κ2) is 10.7. The first-order chi connectivity index (χ1) is 15.6. The zero-order valence-corrected chi connectivity index (χ0v) is 20.6. The number of amides is 1. The summed E-state index contributed by atoms with van der Waals surface area (Å²) in [4.78, 5) is 18.0. The van der Waals surface area contributed by atoms with Crippen molar-refractivity contribution in [3.05, 3.63) is 52.0 Å². The lowest BCUT2D eigenvalue weighted by atomic mass is 9.89. The topological polar surface area (TPSA) is 46.9 Å². The minimum Gasteiger partial charge on any atom is -0.352 e. The number of unbranched alkanes of at least 4 members (excludes halogenated alkanes) is 1. The van der Waals surface area contributed by atoms with Crippen LogP contribution in [0.5, 0.6) is 0 Å². The van der Waals surface area contributed by atoms with E-state index in [9.17, 15) is 4.79 Å². The Kier molecular flexibility index (Phi) is 7.69. The van der Waals surface area contributed by atoms with E-state index >= 15 is 0 Å². The summed E-state index contributed by atoms with van der Waals surface area (Å²) >= 11 is 7.98. The van der Waals surface area contributed by atoms with Crippen LogP contribution in [0.3, 0.4) is 0 Å². The van der Waals surface area contributed by atoms with Gasteiger partial charge in [-0.2, -0.15) is 0 Å². The molecule has 0 unspecified atom stereocenters. The first-order valence-electron chi connectivity index (χ1n) is 11.8. The van der Waals surface area contributed by atoms with Crippen molar-refractivity contribution in [3.8, 4) is 22.0 Å². The van der Waals surface area contributed by atoms with E-state index in [4.69, 9.17) is 16.6 Å². The predicted octanol–water partition coefficient (Wildman–Crippen LogP) is 7.35. The first-order valence-corrected chi connectivity index (χ1v) is 13.0. The normalized spacial score (nSPS) is 14.6. The van der Waals surface area contributed by atoms with Crippen molar-refractivity contribution in [3.63, 3.8) is 0 Å². The molecule has 0 radical (unpaired) electrons. The van der Waals surface area contributed by atoms with E-state index < -0.39 is 0 Å². The number of nitrogens with one attached hydrogen (secondary N) is 1. The second-order valence-electron chi connectivity index (χ2n) is 8.77. The third-order valence-corrected chi connectivity index (χ3v) is 7.70. The molecule has 4 nitrogen and oxygen atoms in total. The fraction of sp³-hybridized carbons (Fsp3) is 0.462. The third-order valence-electron chi connectivity index (χ3n) is 6.49. The Balaban J connectivity index is 1.60. The molecule has 1 fully saturated rings. The number of nitrogens with zero attached hydrogens (tertiary/aromatic N) is 2. The van der Waals surface area contributed by atoms with Gasteiger partial charge in [-0.1, -0.05) is 62.4 Å². The van der Waals surface area contributed by atoms with E-state index in [0.717, 1.165) is 59.1 Å². The summed E-state index contributed by atoms with van der Waals surface area (Å²) in [5, 5.41) is 6.88. The number of benzene rings is 1. The highest BCUT2D eigenvalue weighted by molar-refractivity contribution is 7.13. The maximum absolute atomic E-state index is 13.1. The van der Waals surface area contributed by atoms with Gasteiger partial charge in [0.25, 0.3) is 5.91 Å². The van der Waals surface area contributed by atoms with Crippen molar-refractivity contribution in [1.82, 2.24) is 14.9 Å². The summed E-state index contributed by atoms with van der Waals surface area (Å²) in [6.45, 7) is 5.90. The summed E-state index contributed by atoms with van der Waals surface area (Å²) in [5.41, 5.74) is 4.63. The summed E-state index contributed by atoms with van der Waals surface area (Å²) in [7, 11) is 0. The van der Waals surface area contributed by atoms with Gasteiger partial charge in [-0.3, -0.25) is 4.79 Å². The molecule has 2 heterocycles. The van der Waals surface area contributed by atoms with Gasteiger partial charge in [0, 0.05) is 29.7 Å². The maximum atomic E-state index is 13.1. The summed E-state index contributed by atoms with van der Waals surface area (Å²) in [5.74, 6) is 0.650. The molecule has 0 atom stereocenters. The molecule has 3 aromatic rings. The highest BCUT2D eigenvalue weighted by Crippen LogP contribution is 2.34. The molecule has 0 aliphatic heterocycles. The number of carbonyl (C=O) groups is 1. The molecule has 32 heavy (non-hydrogen) atoms. The van der Waals surface area contributed by atoms with Gasteiger partial charge in [-0.15, -0.1) is 11.3 Å². The molecule has 0 bridgehead atoms. The summed E-state index contributed by atoms with van der Waals surface area (Å²) in [6, 6.07) is 9.81. The number of halogens is 1. The highest BCUT2D eigenvalue weighted by atomic mass is 35.5. The highest BCUT2D eigenvalue weighted by Gasteiger charge is 2.22. The number of aromatic nitrogens is 2. The van der Waals surface area contributed by atoms with E-state index in [-0.39, 0.29) is 5.91 Å². The Morgan fingerprint density at radius 2 is 2.03 bits per heavy atom. The van der Waals surface area contributed by atoms with Crippen molar-refractivity contribution >= 4 is 28.8 Å². The molecule has 0 spiro atoms. The average molecular weight is 470 g/mol. The van der Waals surface area contributed by atoms with Crippen LogP contribution < -0.4 is 5.32 Å². The van der Waals surface area contributed by atoms with E-state index in [1.54, 1.807) is 11.3 Å². The molecule has 170 valence electrons. The molecule has 1 aliphatic carbocycles. The molecule has 1 aliphatic rings. The standard InChI is InChI=1S/C26H32ClN3OS/c1-3-4-14-30-18(2)21(25(31)28-16-19-10-6-5-7-11-19)15-24(30)23-17-32-26(29-23)20-12-8-9-13-22(20)27/h8-9,12-13,15,17,19H,3-7,10-11,14,16H2,1-2H3,(H,28,31). The van der Waals surface area contributed by atoms with Crippen LogP contribution in [0.2, 0.25) is 5.02 Å². The van der Waals surface area contributed by atoms with Gasteiger partial charge in [-0.25, -0.2) is 4.98 Å². The summed E-state index contributed by atoms with van der Waals surface area (Å²) in [6.07, 6.45) is 8.52. The lowest BCUT2D eigenvalue weighted by molar-refractivity contribution is 0.0943. The minimum absolute atomic E-state index is 0.0335. The SMILES string of the molecule is CCCCn1c(-c2csc(-c3ccccc3Cl)n2)cc(C(=O)NCC2CCCCC2)c1C. The number of hydrogen-bond donors (Lipinski definition) is 1. The van der Waals surface area contributed by atoms with Crippen LogP contribution in [0.4, 0.5) is 0 Å². The minimum atomic E-state index is 0.0335. The van der Waals surface area contributed by atoms with Crippen molar-refractivity contribution < 1.29 is 4.79 Å². The van der Waals surface area contributed by atoms with Crippen molar-refractivity contribution in [2.75, 3.05) is 6.54 Å². The molecule has 1 N–H and O–H groups in total. The zero-order chi connectivity index (χ0) is 22.5. The molecule has 4 rings (SSSR count). The number of hydrogen-bond acceptors (Lipinski definition) is 3.